The minimum Gasteiger partial charge on any atom is -0.483 e. The van der Waals surface area contributed by atoms with Crippen LogP contribution in [0.25, 0.3) is 6.08 Å². The molecule has 0 fully saturated rings. The smallest absolute Gasteiger partial charge is 0.266 e. The van der Waals surface area contributed by atoms with E-state index in [4.69, 9.17) is 16.3 Å². The predicted molar refractivity (Wildman–Crippen MR) is 130 cm³/mol. The fraction of sp³-hybridized carbons (Fsp3) is 0.115. The Kier molecular flexibility index (Phi) is 8.01. The van der Waals surface area contributed by atoms with E-state index in [1.165, 1.54) is 36.4 Å². The highest BCUT2D eigenvalue weighted by Gasteiger charge is 2.13. The molecule has 0 heterocycles. The van der Waals surface area contributed by atoms with Crippen molar-refractivity contribution in [3.63, 3.8) is 0 Å². The second kappa shape index (κ2) is 11.1. The van der Waals surface area contributed by atoms with Gasteiger partial charge in [-0.2, -0.15) is 5.26 Å². The van der Waals surface area contributed by atoms with E-state index in [9.17, 15) is 19.2 Å². The third kappa shape index (κ3) is 6.44. The van der Waals surface area contributed by atoms with Crippen molar-refractivity contribution >= 4 is 40.9 Å². The van der Waals surface area contributed by atoms with E-state index in [2.05, 4.69) is 10.6 Å². The Morgan fingerprint density at radius 1 is 1.09 bits per heavy atom. The number of ether oxygens (including phenoxy) is 1. The molecule has 34 heavy (non-hydrogen) atoms. The molecular formula is C26H21ClFN3O3. The van der Waals surface area contributed by atoms with Gasteiger partial charge in [0.2, 0.25) is 0 Å². The molecule has 0 spiro atoms. The van der Waals surface area contributed by atoms with Crippen molar-refractivity contribution in [3.8, 4) is 11.8 Å². The lowest BCUT2D eigenvalue weighted by Gasteiger charge is -2.13. The zero-order valence-corrected chi connectivity index (χ0v) is 19.2. The maximum absolute atomic E-state index is 13.1. The number of anilines is 2. The standard InChI is InChI=1S/C26H21ClFN3O3/c1-16-4-3-5-23(17(16)2)31-25(32)15-34-24-11-6-20(27)13-18(24)12-19(14-29)26(33)30-22-9-7-21(28)8-10-22/h3-13H,15H2,1-2H3,(H,30,33)(H,31,32)/b19-12+. The zero-order chi connectivity index (χ0) is 24.7. The van der Waals surface area contributed by atoms with Crippen molar-refractivity contribution in [2.24, 2.45) is 0 Å². The summed E-state index contributed by atoms with van der Waals surface area (Å²) < 4.78 is 18.7. The van der Waals surface area contributed by atoms with E-state index in [0.29, 0.717) is 22.0 Å². The minimum absolute atomic E-state index is 0.226. The molecule has 2 N–H and O–H groups in total. The highest BCUT2D eigenvalue weighted by Crippen LogP contribution is 2.26. The van der Waals surface area contributed by atoms with Crippen LogP contribution in [0.5, 0.6) is 5.75 Å². The van der Waals surface area contributed by atoms with Crippen LogP contribution >= 0.6 is 11.6 Å². The summed E-state index contributed by atoms with van der Waals surface area (Å²) in [6.45, 7) is 3.57. The van der Waals surface area contributed by atoms with Gasteiger partial charge in [0.15, 0.2) is 6.61 Å². The lowest BCUT2D eigenvalue weighted by molar-refractivity contribution is -0.118. The molecule has 3 aromatic rings. The zero-order valence-electron chi connectivity index (χ0n) is 18.5. The van der Waals surface area contributed by atoms with Gasteiger partial charge in [0.25, 0.3) is 11.8 Å². The molecule has 0 unspecified atom stereocenters. The van der Waals surface area contributed by atoms with Crippen LogP contribution in [0, 0.1) is 31.0 Å². The van der Waals surface area contributed by atoms with Crippen LogP contribution in [-0.4, -0.2) is 18.4 Å². The minimum atomic E-state index is -0.687. The highest BCUT2D eigenvalue weighted by atomic mass is 35.5. The largest absolute Gasteiger partial charge is 0.483 e. The van der Waals surface area contributed by atoms with Crippen molar-refractivity contribution in [1.82, 2.24) is 0 Å². The van der Waals surface area contributed by atoms with Gasteiger partial charge in [0.1, 0.15) is 23.2 Å². The number of amides is 2. The first-order chi connectivity index (χ1) is 16.3. The van der Waals surface area contributed by atoms with Gasteiger partial charge in [-0.25, -0.2) is 4.39 Å². The molecule has 8 heteroatoms. The Balaban J connectivity index is 1.75. The number of halogens is 2. The van der Waals surface area contributed by atoms with Crippen LogP contribution in [0.15, 0.2) is 66.2 Å². The summed E-state index contributed by atoms with van der Waals surface area (Å²) in [5.74, 6) is -1.24. The van der Waals surface area contributed by atoms with Crippen LogP contribution in [0.2, 0.25) is 5.02 Å². The van der Waals surface area contributed by atoms with Crippen LogP contribution in [0.3, 0.4) is 0 Å². The molecule has 2 amide bonds. The van der Waals surface area contributed by atoms with Gasteiger partial charge in [0.05, 0.1) is 0 Å². The van der Waals surface area contributed by atoms with Crippen LogP contribution in [0.1, 0.15) is 16.7 Å². The number of nitriles is 1. The van der Waals surface area contributed by atoms with Crippen molar-refractivity contribution in [2.45, 2.75) is 13.8 Å². The first-order valence-corrected chi connectivity index (χ1v) is 10.6. The molecule has 0 aliphatic carbocycles. The molecule has 0 radical (unpaired) electrons. The number of carbonyl (C=O) groups is 2. The fourth-order valence-corrected chi connectivity index (χ4v) is 3.20. The monoisotopic (exact) mass is 477 g/mol. The Morgan fingerprint density at radius 2 is 1.82 bits per heavy atom. The maximum Gasteiger partial charge on any atom is 0.266 e. The topological polar surface area (TPSA) is 91.2 Å². The second-order valence-electron chi connectivity index (χ2n) is 7.40. The Labute approximate surface area is 201 Å². The molecule has 0 saturated heterocycles. The highest BCUT2D eigenvalue weighted by molar-refractivity contribution is 6.30. The van der Waals surface area contributed by atoms with Crippen LogP contribution in [-0.2, 0) is 9.59 Å². The summed E-state index contributed by atoms with van der Waals surface area (Å²) in [5.41, 5.74) is 3.14. The quantitative estimate of drug-likeness (QED) is 0.339. The van der Waals surface area contributed by atoms with Crippen molar-refractivity contribution in [2.75, 3.05) is 17.2 Å². The van der Waals surface area contributed by atoms with Crippen LogP contribution < -0.4 is 15.4 Å². The lowest BCUT2D eigenvalue weighted by Crippen LogP contribution is -2.21. The first-order valence-electron chi connectivity index (χ1n) is 10.2. The van der Waals surface area contributed by atoms with Gasteiger partial charge >= 0.3 is 0 Å². The molecule has 0 aliphatic heterocycles. The third-order valence-corrected chi connectivity index (χ3v) is 5.21. The summed E-state index contributed by atoms with van der Waals surface area (Å²) in [4.78, 5) is 24.9. The molecule has 3 rings (SSSR count). The van der Waals surface area contributed by atoms with Gasteiger partial charge in [0, 0.05) is 22.0 Å². The summed E-state index contributed by atoms with van der Waals surface area (Å²) in [7, 11) is 0. The number of benzene rings is 3. The fourth-order valence-electron chi connectivity index (χ4n) is 3.02. The summed E-state index contributed by atoms with van der Waals surface area (Å²) in [5, 5.41) is 15.2. The number of carbonyl (C=O) groups excluding carboxylic acids is 2. The molecule has 0 saturated carbocycles. The average molecular weight is 478 g/mol. The van der Waals surface area contributed by atoms with E-state index < -0.39 is 11.7 Å². The molecule has 3 aromatic carbocycles. The van der Waals surface area contributed by atoms with E-state index in [0.717, 1.165) is 11.1 Å². The SMILES string of the molecule is Cc1cccc(NC(=O)COc2ccc(Cl)cc2/C=C(\C#N)C(=O)Nc2ccc(F)cc2)c1C. The maximum atomic E-state index is 13.1. The molecule has 172 valence electrons. The average Bonchev–Trinajstić information content (AvgIpc) is 2.81. The molecule has 0 bridgehead atoms. The van der Waals surface area contributed by atoms with E-state index >= 15 is 0 Å². The van der Waals surface area contributed by atoms with E-state index in [1.807, 2.05) is 32.0 Å². The summed E-state index contributed by atoms with van der Waals surface area (Å²) in [6.07, 6.45) is 1.31. The Bertz CT molecular complexity index is 1300. The van der Waals surface area contributed by atoms with E-state index in [-0.39, 0.29) is 23.8 Å². The molecular weight excluding hydrogens is 457 g/mol. The summed E-state index contributed by atoms with van der Waals surface area (Å²) in [6, 6.07) is 17.2. The van der Waals surface area contributed by atoms with Gasteiger partial charge in [-0.15, -0.1) is 0 Å². The number of nitrogens with one attached hydrogen (secondary N) is 2. The Morgan fingerprint density at radius 3 is 2.53 bits per heavy atom. The molecule has 0 aromatic heterocycles. The van der Waals surface area contributed by atoms with Crippen molar-refractivity contribution in [3.05, 3.63) is 93.8 Å². The lowest BCUT2D eigenvalue weighted by atomic mass is 10.1. The van der Waals surface area contributed by atoms with Crippen LogP contribution in [0.4, 0.5) is 15.8 Å². The number of hydrogen-bond acceptors (Lipinski definition) is 4. The van der Waals surface area contributed by atoms with Gasteiger partial charge in [-0.05, 0) is 79.6 Å². The van der Waals surface area contributed by atoms with Crippen molar-refractivity contribution in [1.29, 1.82) is 5.26 Å². The first kappa shape index (κ1) is 24.5. The van der Waals surface area contributed by atoms with Gasteiger partial charge < -0.3 is 15.4 Å². The van der Waals surface area contributed by atoms with Gasteiger partial charge in [-0.1, -0.05) is 23.7 Å². The second-order valence-corrected chi connectivity index (χ2v) is 7.83. The number of hydrogen-bond donors (Lipinski definition) is 2. The molecule has 6 nitrogen and oxygen atoms in total. The molecule has 0 atom stereocenters. The number of nitrogens with zero attached hydrogens (tertiary/aromatic N) is 1. The Hall–Kier alpha value is -4.15. The van der Waals surface area contributed by atoms with Gasteiger partial charge in [-0.3, -0.25) is 9.59 Å². The predicted octanol–water partition coefficient (Wildman–Crippen LogP) is 5.66. The normalized spacial score (nSPS) is 10.9. The molecule has 0 aliphatic rings. The number of aryl methyl sites for hydroxylation is 1. The number of rotatable bonds is 7. The third-order valence-electron chi connectivity index (χ3n) is 4.98. The van der Waals surface area contributed by atoms with E-state index in [1.54, 1.807) is 18.2 Å². The van der Waals surface area contributed by atoms with Crippen molar-refractivity contribution < 1.29 is 18.7 Å². The summed E-state index contributed by atoms with van der Waals surface area (Å²) >= 11 is 6.09.